The van der Waals surface area contributed by atoms with Crippen LogP contribution < -0.4 is 14.2 Å². The van der Waals surface area contributed by atoms with E-state index >= 15 is 0 Å². The Kier molecular flexibility index (Phi) is 6.59. The molecule has 30 heavy (non-hydrogen) atoms. The van der Waals surface area contributed by atoms with Gasteiger partial charge in [0.15, 0.2) is 18.1 Å². The third kappa shape index (κ3) is 4.72. The molecule has 3 aromatic rings. The molecular formula is C21H18BrN3O5. The first-order valence-corrected chi connectivity index (χ1v) is 9.71. The SMILES string of the molecule is CCOc1cc(/C=C(/C#N)c2nc3ccc(OC)cc3[nH]2)cc(Br)c1OCC(=O)O. The van der Waals surface area contributed by atoms with Gasteiger partial charge in [-0.25, -0.2) is 9.78 Å². The number of allylic oxidation sites excluding steroid dienone is 1. The van der Waals surface area contributed by atoms with Gasteiger partial charge in [0.25, 0.3) is 0 Å². The molecule has 0 unspecified atom stereocenters. The number of carbonyl (C=O) groups is 1. The summed E-state index contributed by atoms with van der Waals surface area (Å²) in [7, 11) is 1.58. The molecule has 1 heterocycles. The number of nitriles is 1. The zero-order valence-electron chi connectivity index (χ0n) is 16.2. The molecule has 0 spiro atoms. The van der Waals surface area contributed by atoms with Crippen molar-refractivity contribution >= 4 is 44.6 Å². The summed E-state index contributed by atoms with van der Waals surface area (Å²) < 4.78 is 16.6. The van der Waals surface area contributed by atoms with Gasteiger partial charge in [-0.05, 0) is 58.8 Å². The highest BCUT2D eigenvalue weighted by Gasteiger charge is 2.15. The lowest BCUT2D eigenvalue weighted by molar-refractivity contribution is -0.139. The molecule has 3 rings (SSSR count). The highest BCUT2D eigenvalue weighted by Crippen LogP contribution is 2.38. The summed E-state index contributed by atoms with van der Waals surface area (Å²) in [5, 5.41) is 18.5. The Morgan fingerprint density at radius 2 is 2.13 bits per heavy atom. The van der Waals surface area contributed by atoms with Crippen LogP contribution in [0, 0.1) is 11.3 Å². The Morgan fingerprint density at radius 1 is 1.33 bits per heavy atom. The summed E-state index contributed by atoms with van der Waals surface area (Å²) in [6, 6.07) is 10.9. The third-order valence-electron chi connectivity index (χ3n) is 4.05. The van der Waals surface area contributed by atoms with Gasteiger partial charge in [0.1, 0.15) is 17.6 Å². The zero-order valence-corrected chi connectivity index (χ0v) is 17.8. The number of imidazole rings is 1. The summed E-state index contributed by atoms with van der Waals surface area (Å²) in [5.74, 6) is 0.654. The van der Waals surface area contributed by atoms with Crippen molar-refractivity contribution in [3.05, 3.63) is 46.2 Å². The minimum atomic E-state index is -1.10. The van der Waals surface area contributed by atoms with Crippen molar-refractivity contribution in [3.8, 4) is 23.3 Å². The number of carboxylic acids is 1. The van der Waals surface area contributed by atoms with E-state index in [0.29, 0.717) is 45.1 Å². The predicted molar refractivity (Wildman–Crippen MR) is 115 cm³/mol. The van der Waals surface area contributed by atoms with Crippen molar-refractivity contribution < 1.29 is 24.1 Å². The maximum atomic E-state index is 10.8. The van der Waals surface area contributed by atoms with Gasteiger partial charge in [-0.3, -0.25) is 0 Å². The molecule has 0 radical (unpaired) electrons. The smallest absolute Gasteiger partial charge is 0.341 e. The lowest BCUT2D eigenvalue weighted by Crippen LogP contribution is -2.10. The first-order chi connectivity index (χ1) is 14.4. The number of aromatic amines is 1. The molecule has 9 heteroatoms. The standard InChI is InChI=1S/C21H18BrN3O5/c1-3-29-18-8-12(7-15(22)20(18)30-11-19(26)27)6-13(10-23)21-24-16-5-4-14(28-2)9-17(16)25-21/h4-9H,3,11H2,1-2H3,(H,24,25)(H,26,27)/b13-6-. The monoisotopic (exact) mass is 471 g/mol. The van der Waals surface area contributed by atoms with E-state index in [2.05, 4.69) is 32.0 Å². The van der Waals surface area contributed by atoms with Gasteiger partial charge in [-0.15, -0.1) is 0 Å². The molecule has 8 nitrogen and oxygen atoms in total. The van der Waals surface area contributed by atoms with Crippen LogP contribution in [0.2, 0.25) is 0 Å². The second-order valence-electron chi connectivity index (χ2n) is 6.08. The average molecular weight is 472 g/mol. The van der Waals surface area contributed by atoms with Crippen molar-refractivity contribution in [2.45, 2.75) is 6.92 Å². The second kappa shape index (κ2) is 9.33. The maximum absolute atomic E-state index is 10.8. The first-order valence-electron chi connectivity index (χ1n) is 8.92. The molecule has 0 amide bonds. The van der Waals surface area contributed by atoms with E-state index in [4.69, 9.17) is 19.3 Å². The summed E-state index contributed by atoms with van der Waals surface area (Å²) in [4.78, 5) is 18.4. The molecule has 0 aliphatic heterocycles. The van der Waals surface area contributed by atoms with E-state index in [0.717, 1.165) is 5.52 Å². The molecule has 0 atom stereocenters. The van der Waals surface area contributed by atoms with Crippen molar-refractivity contribution in [1.82, 2.24) is 9.97 Å². The van der Waals surface area contributed by atoms with Crippen LogP contribution in [0.3, 0.4) is 0 Å². The number of hydrogen-bond acceptors (Lipinski definition) is 6. The molecule has 154 valence electrons. The van der Waals surface area contributed by atoms with E-state index in [1.54, 1.807) is 44.4 Å². The van der Waals surface area contributed by atoms with Gasteiger partial charge in [-0.2, -0.15) is 5.26 Å². The molecule has 0 aliphatic carbocycles. The van der Waals surface area contributed by atoms with Crippen LogP contribution in [0.25, 0.3) is 22.7 Å². The number of nitrogens with one attached hydrogen (secondary N) is 1. The number of aliphatic carboxylic acids is 1. The van der Waals surface area contributed by atoms with Crippen LogP contribution in [-0.4, -0.2) is 41.4 Å². The van der Waals surface area contributed by atoms with Crippen molar-refractivity contribution in [2.75, 3.05) is 20.3 Å². The number of ether oxygens (including phenoxy) is 3. The number of carboxylic acid groups (broad SMARTS) is 1. The molecule has 1 aromatic heterocycles. The number of halogens is 1. The van der Waals surface area contributed by atoms with Crippen molar-refractivity contribution in [2.24, 2.45) is 0 Å². The van der Waals surface area contributed by atoms with E-state index in [1.165, 1.54) is 0 Å². The van der Waals surface area contributed by atoms with Gasteiger partial charge < -0.3 is 24.3 Å². The minimum absolute atomic E-state index is 0.283. The number of H-pyrrole nitrogens is 1. The highest BCUT2D eigenvalue weighted by atomic mass is 79.9. The van der Waals surface area contributed by atoms with Crippen LogP contribution in [0.5, 0.6) is 17.2 Å². The number of nitrogens with zero attached hydrogens (tertiary/aromatic N) is 2. The van der Waals surface area contributed by atoms with E-state index in [1.807, 2.05) is 6.07 Å². The Hall–Kier alpha value is -3.51. The largest absolute Gasteiger partial charge is 0.497 e. The summed E-state index contributed by atoms with van der Waals surface area (Å²) in [6.45, 7) is 1.67. The fourth-order valence-corrected chi connectivity index (χ4v) is 3.35. The Bertz CT molecular complexity index is 1160. The number of benzene rings is 2. The molecule has 0 aliphatic rings. The van der Waals surface area contributed by atoms with Gasteiger partial charge in [-0.1, -0.05) is 0 Å². The van der Waals surface area contributed by atoms with E-state index in [-0.39, 0.29) is 5.75 Å². The zero-order chi connectivity index (χ0) is 21.7. The molecule has 0 saturated carbocycles. The van der Waals surface area contributed by atoms with Crippen LogP contribution in [0.4, 0.5) is 0 Å². The molecule has 0 bridgehead atoms. The second-order valence-corrected chi connectivity index (χ2v) is 6.94. The maximum Gasteiger partial charge on any atom is 0.341 e. The summed E-state index contributed by atoms with van der Waals surface area (Å²) in [5.41, 5.74) is 2.43. The van der Waals surface area contributed by atoms with Crippen LogP contribution in [0.15, 0.2) is 34.8 Å². The fraction of sp³-hybridized carbons (Fsp3) is 0.190. The number of hydrogen-bond donors (Lipinski definition) is 2. The first kappa shape index (κ1) is 21.2. The predicted octanol–water partition coefficient (Wildman–Crippen LogP) is 4.26. The van der Waals surface area contributed by atoms with Crippen LogP contribution in [0.1, 0.15) is 18.3 Å². The average Bonchev–Trinajstić information content (AvgIpc) is 3.14. The number of rotatable bonds is 8. The van der Waals surface area contributed by atoms with Crippen LogP contribution in [-0.2, 0) is 4.79 Å². The van der Waals surface area contributed by atoms with Gasteiger partial charge in [0, 0.05) is 6.07 Å². The minimum Gasteiger partial charge on any atom is -0.497 e. The molecule has 0 fully saturated rings. The van der Waals surface area contributed by atoms with Crippen molar-refractivity contribution in [1.29, 1.82) is 5.26 Å². The Balaban J connectivity index is 2.01. The molecule has 2 N–H and O–H groups in total. The quantitative estimate of drug-likeness (QED) is 0.471. The Morgan fingerprint density at radius 3 is 2.80 bits per heavy atom. The van der Waals surface area contributed by atoms with Gasteiger partial charge in [0.05, 0.1) is 34.8 Å². The number of methoxy groups -OCH3 is 1. The lowest BCUT2D eigenvalue weighted by atomic mass is 10.1. The van der Waals surface area contributed by atoms with Gasteiger partial charge >= 0.3 is 5.97 Å². The van der Waals surface area contributed by atoms with Crippen LogP contribution >= 0.6 is 15.9 Å². The number of fused-ring (bicyclic) bond motifs is 1. The molecule has 0 saturated heterocycles. The van der Waals surface area contributed by atoms with Crippen molar-refractivity contribution in [3.63, 3.8) is 0 Å². The molecule has 2 aromatic carbocycles. The third-order valence-corrected chi connectivity index (χ3v) is 4.64. The van der Waals surface area contributed by atoms with Gasteiger partial charge in [0.2, 0.25) is 0 Å². The topological polar surface area (TPSA) is 117 Å². The summed E-state index contributed by atoms with van der Waals surface area (Å²) in [6.07, 6.45) is 1.66. The normalized spacial score (nSPS) is 11.2. The Labute approximate surface area is 180 Å². The summed E-state index contributed by atoms with van der Waals surface area (Å²) >= 11 is 3.38. The lowest BCUT2D eigenvalue weighted by Gasteiger charge is -2.13. The number of aromatic nitrogens is 2. The molecular weight excluding hydrogens is 454 g/mol. The van der Waals surface area contributed by atoms with E-state index < -0.39 is 12.6 Å². The fourth-order valence-electron chi connectivity index (χ4n) is 2.77. The highest BCUT2D eigenvalue weighted by molar-refractivity contribution is 9.10. The van der Waals surface area contributed by atoms with E-state index in [9.17, 15) is 10.1 Å².